The zero-order chi connectivity index (χ0) is 16.5. The molecule has 1 aromatic heterocycles. The highest BCUT2D eigenvalue weighted by molar-refractivity contribution is 7.99. The standard InChI is InChI=1S/C18H19N5S/c1-3-8-16(9-4-1)10-7-13-19-14-15-24-18-20-21-22-23(18)17-11-5-2-6-12-17/h1-12,19H,13-15H2. The summed E-state index contributed by atoms with van der Waals surface area (Å²) in [5.41, 5.74) is 2.19. The van der Waals surface area contributed by atoms with Crippen LogP contribution in [0.3, 0.4) is 0 Å². The van der Waals surface area contributed by atoms with Gasteiger partial charge in [-0.2, -0.15) is 4.68 Å². The van der Waals surface area contributed by atoms with E-state index in [2.05, 4.69) is 45.1 Å². The van der Waals surface area contributed by atoms with E-state index in [1.807, 2.05) is 48.5 Å². The second kappa shape index (κ2) is 9.00. The molecule has 5 nitrogen and oxygen atoms in total. The van der Waals surface area contributed by atoms with Crippen LogP contribution in [-0.2, 0) is 0 Å². The second-order valence-corrected chi connectivity index (χ2v) is 6.14. The number of aromatic nitrogens is 4. The number of nitrogens with one attached hydrogen (secondary N) is 1. The van der Waals surface area contributed by atoms with Gasteiger partial charge < -0.3 is 5.32 Å². The highest BCUT2D eigenvalue weighted by Crippen LogP contribution is 2.17. The summed E-state index contributed by atoms with van der Waals surface area (Å²) in [7, 11) is 0. The van der Waals surface area contributed by atoms with E-state index in [0.717, 1.165) is 29.7 Å². The van der Waals surface area contributed by atoms with Crippen LogP contribution in [0.15, 0.2) is 71.9 Å². The molecule has 0 aliphatic carbocycles. The molecular weight excluding hydrogens is 318 g/mol. The molecule has 1 N–H and O–H groups in total. The first-order valence-corrected chi connectivity index (χ1v) is 8.81. The maximum absolute atomic E-state index is 4.09. The molecule has 0 radical (unpaired) electrons. The van der Waals surface area contributed by atoms with Crippen molar-refractivity contribution in [1.29, 1.82) is 0 Å². The normalized spacial score (nSPS) is 11.2. The van der Waals surface area contributed by atoms with Gasteiger partial charge in [-0.25, -0.2) is 0 Å². The third kappa shape index (κ3) is 4.78. The van der Waals surface area contributed by atoms with Crippen LogP contribution in [0, 0.1) is 0 Å². The molecule has 0 saturated carbocycles. The van der Waals surface area contributed by atoms with Crippen molar-refractivity contribution in [3.8, 4) is 5.69 Å². The fourth-order valence-electron chi connectivity index (χ4n) is 2.16. The minimum absolute atomic E-state index is 0.808. The maximum atomic E-state index is 4.09. The predicted molar refractivity (Wildman–Crippen MR) is 98.2 cm³/mol. The quantitative estimate of drug-likeness (QED) is 0.506. The third-order valence-corrected chi connectivity index (χ3v) is 4.24. The number of thioether (sulfide) groups is 1. The van der Waals surface area contributed by atoms with Gasteiger partial charge in [0.1, 0.15) is 0 Å². The van der Waals surface area contributed by atoms with Crippen LogP contribution >= 0.6 is 11.8 Å². The molecule has 6 heteroatoms. The van der Waals surface area contributed by atoms with E-state index >= 15 is 0 Å². The van der Waals surface area contributed by atoms with E-state index in [-0.39, 0.29) is 0 Å². The summed E-state index contributed by atoms with van der Waals surface area (Å²) in [6, 6.07) is 20.2. The highest BCUT2D eigenvalue weighted by atomic mass is 32.2. The summed E-state index contributed by atoms with van der Waals surface area (Å²) in [5.74, 6) is 0.909. The van der Waals surface area contributed by atoms with Crippen LogP contribution in [-0.4, -0.2) is 39.0 Å². The molecular formula is C18H19N5S. The van der Waals surface area contributed by atoms with Gasteiger partial charge in [-0.1, -0.05) is 72.4 Å². The second-order valence-electron chi connectivity index (χ2n) is 5.07. The van der Waals surface area contributed by atoms with Crippen molar-refractivity contribution in [3.63, 3.8) is 0 Å². The van der Waals surface area contributed by atoms with Crippen molar-refractivity contribution >= 4 is 17.8 Å². The fourth-order valence-corrected chi connectivity index (χ4v) is 2.95. The predicted octanol–water partition coefficient (Wildman–Crippen LogP) is 3.06. The summed E-state index contributed by atoms with van der Waals surface area (Å²) in [4.78, 5) is 0. The largest absolute Gasteiger partial charge is 0.312 e. The van der Waals surface area contributed by atoms with Crippen LogP contribution in [0.1, 0.15) is 5.56 Å². The first-order valence-electron chi connectivity index (χ1n) is 7.82. The maximum Gasteiger partial charge on any atom is 0.214 e. The molecule has 0 bridgehead atoms. The Labute approximate surface area is 145 Å². The Balaban J connectivity index is 1.40. The number of hydrogen-bond acceptors (Lipinski definition) is 5. The van der Waals surface area contributed by atoms with Gasteiger partial charge in [-0.05, 0) is 28.1 Å². The molecule has 1 heterocycles. The Morgan fingerprint density at radius 2 is 1.75 bits per heavy atom. The van der Waals surface area contributed by atoms with E-state index in [4.69, 9.17) is 0 Å². The van der Waals surface area contributed by atoms with Crippen LogP contribution in [0.25, 0.3) is 11.8 Å². The molecule has 0 aliphatic rings. The molecule has 3 aromatic rings. The number of rotatable bonds is 8. The number of para-hydroxylation sites is 1. The third-order valence-electron chi connectivity index (χ3n) is 3.32. The smallest absolute Gasteiger partial charge is 0.214 e. The number of nitrogens with zero attached hydrogens (tertiary/aromatic N) is 4. The zero-order valence-electron chi connectivity index (χ0n) is 13.2. The summed E-state index contributed by atoms with van der Waals surface area (Å²) in [6.07, 6.45) is 4.25. The molecule has 0 amide bonds. The van der Waals surface area contributed by atoms with Gasteiger partial charge in [0.25, 0.3) is 0 Å². The first-order chi connectivity index (χ1) is 11.9. The molecule has 0 aliphatic heterocycles. The Kier molecular flexibility index (Phi) is 6.16. The Morgan fingerprint density at radius 3 is 2.54 bits per heavy atom. The molecule has 24 heavy (non-hydrogen) atoms. The average Bonchev–Trinajstić information content (AvgIpc) is 3.11. The van der Waals surface area contributed by atoms with Crippen molar-refractivity contribution in [1.82, 2.24) is 25.5 Å². The topological polar surface area (TPSA) is 55.6 Å². The molecule has 122 valence electrons. The molecule has 0 saturated heterocycles. The van der Waals surface area contributed by atoms with E-state index in [1.54, 1.807) is 16.4 Å². The van der Waals surface area contributed by atoms with Gasteiger partial charge in [0.05, 0.1) is 5.69 Å². The Morgan fingerprint density at radius 1 is 1.00 bits per heavy atom. The number of benzene rings is 2. The molecule has 0 atom stereocenters. The van der Waals surface area contributed by atoms with Gasteiger partial charge >= 0.3 is 0 Å². The summed E-state index contributed by atoms with van der Waals surface area (Å²) >= 11 is 1.64. The van der Waals surface area contributed by atoms with Crippen molar-refractivity contribution in [2.45, 2.75) is 5.16 Å². The lowest BCUT2D eigenvalue weighted by molar-refractivity contribution is 0.754. The summed E-state index contributed by atoms with van der Waals surface area (Å²) in [6.45, 7) is 1.74. The minimum Gasteiger partial charge on any atom is -0.312 e. The summed E-state index contributed by atoms with van der Waals surface area (Å²) < 4.78 is 1.76. The van der Waals surface area contributed by atoms with E-state index in [9.17, 15) is 0 Å². The molecule has 0 spiro atoms. The van der Waals surface area contributed by atoms with Gasteiger partial charge in [0.15, 0.2) is 0 Å². The van der Waals surface area contributed by atoms with Crippen molar-refractivity contribution < 1.29 is 0 Å². The summed E-state index contributed by atoms with van der Waals surface area (Å²) in [5, 5.41) is 16.1. The monoisotopic (exact) mass is 337 g/mol. The van der Waals surface area contributed by atoms with Crippen LogP contribution < -0.4 is 5.32 Å². The Hall–Kier alpha value is -2.44. The molecule has 0 fully saturated rings. The van der Waals surface area contributed by atoms with Crippen molar-refractivity contribution in [3.05, 3.63) is 72.3 Å². The van der Waals surface area contributed by atoms with Crippen molar-refractivity contribution in [2.75, 3.05) is 18.8 Å². The van der Waals surface area contributed by atoms with E-state index in [0.29, 0.717) is 0 Å². The average molecular weight is 337 g/mol. The zero-order valence-corrected chi connectivity index (χ0v) is 14.1. The minimum atomic E-state index is 0.808. The van der Waals surface area contributed by atoms with Crippen LogP contribution in [0.2, 0.25) is 0 Å². The lowest BCUT2D eigenvalue weighted by atomic mass is 10.2. The van der Waals surface area contributed by atoms with E-state index < -0.39 is 0 Å². The lowest BCUT2D eigenvalue weighted by Gasteiger charge is -2.04. The van der Waals surface area contributed by atoms with Crippen molar-refractivity contribution in [2.24, 2.45) is 0 Å². The molecule has 3 rings (SSSR count). The van der Waals surface area contributed by atoms with Gasteiger partial charge in [-0.15, -0.1) is 5.10 Å². The van der Waals surface area contributed by atoms with Gasteiger partial charge in [-0.3, -0.25) is 0 Å². The Bertz CT molecular complexity index is 755. The van der Waals surface area contributed by atoms with Crippen LogP contribution in [0.4, 0.5) is 0 Å². The van der Waals surface area contributed by atoms with E-state index in [1.165, 1.54) is 5.56 Å². The van der Waals surface area contributed by atoms with Gasteiger partial charge in [0.2, 0.25) is 5.16 Å². The SMILES string of the molecule is C(=Cc1ccccc1)CNCCSc1nnnn1-c1ccccc1. The highest BCUT2D eigenvalue weighted by Gasteiger charge is 2.07. The number of tetrazole rings is 1. The fraction of sp³-hybridized carbons (Fsp3) is 0.167. The molecule has 2 aromatic carbocycles. The number of hydrogen-bond donors (Lipinski definition) is 1. The molecule has 0 unspecified atom stereocenters. The lowest BCUT2D eigenvalue weighted by Crippen LogP contribution is -2.17. The van der Waals surface area contributed by atoms with Crippen LogP contribution in [0.5, 0.6) is 0 Å². The first kappa shape index (κ1) is 16.4. The van der Waals surface area contributed by atoms with Gasteiger partial charge in [0, 0.05) is 18.8 Å².